The summed E-state index contributed by atoms with van der Waals surface area (Å²) >= 11 is 0. The van der Waals surface area contributed by atoms with Gasteiger partial charge in [0.15, 0.2) is 0 Å². The standard InChI is InChI=1S/C43H52N6O8/c1-5-6-16-48-27-35(32-9-15-44-25-34(32)42(48)52)33-24-38(55-3)29(23-39(33)56-4)26-46-17-10-30(11-18-46)57-31-12-19-47(20-13-31)41(51)28-7-8-37(54-2)36(22-28)49-21-14-40(50)45-43(49)53/h7-9,15,22-25,27,30-31H,5-6,10-14,16-21,26H2,1-4H3,(H,45,50,53). The van der Waals surface area contributed by atoms with Crippen molar-refractivity contribution in [3.05, 3.63) is 76.5 Å². The van der Waals surface area contributed by atoms with Crippen LogP contribution in [-0.2, 0) is 22.6 Å². The second-order valence-corrected chi connectivity index (χ2v) is 14.9. The predicted octanol–water partition coefficient (Wildman–Crippen LogP) is 5.62. The monoisotopic (exact) mass is 780 g/mol. The van der Waals surface area contributed by atoms with Gasteiger partial charge in [-0.05, 0) is 73.9 Å². The fraction of sp³-hybridized carbons (Fsp3) is 0.465. The van der Waals surface area contributed by atoms with Crippen molar-refractivity contribution >= 4 is 34.3 Å². The van der Waals surface area contributed by atoms with Crippen LogP contribution >= 0.6 is 0 Å². The highest BCUT2D eigenvalue weighted by atomic mass is 16.5. The predicted molar refractivity (Wildman–Crippen MR) is 216 cm³/mol. The molecule has 57 heavy (non-hydrogen) atoms. The van der Waals surface area contributed by atoms with Crippen LogP contribution in [0.15, 0.2) is 59.8 Å². The van der Waals surface area contributed by atoms with E-state index in [1.807, 2.05) is 23.2 Å². The summed E-state index contributed by atoms with van der Waals surface area (Å²) in [6, 6.07) is 10.5. The summed E-state index contributed by atoms with van der Waals surface area (Å²) in [4.78, 5) is 61.0. The van der Waals surface area contributed by atoms with Gasteiger partial charge in [0.25, 0.3) is 11.5 Å². The van der Waals surface area contributed by atoms with Gasteiger partial charge < -0.3 is 28.4 Å². The van der Waals surface area contributed by atoms with Gasteiger partial charge in [0.05, 0.1) is 44.6 Å². The zero-order chi connectivity index (χ0) is 40.1. The number of piperidine rings is 2. The van der Waals surface area contributed by atoms with E-state index in [-0.39, 0.29) is 42.5 Å². The summed E-state index contributed by atoms with van der Waals surface area (Å²) in [5.41, 5.74) is 3.66. The van der Waals surface area contributed by atoms with Gasteiger partial charge in [-0.15, -0.1) is 0 Å². The number of aryl methyl sites for hydroxylation is 1. The van der Waals surface area contributed by atoms with Crippen molar-refractivity contribution in [2.24, 2.45) is 0 Å². The summed E-state index contributed by atoms with van der Waals surface area (Å²) in [5.74, 6) is 1.50. The molecule has 4 amide bonds. The number of anilines is 1. The first-order valence-corrected chi connectivity index (χ1v) is 19.9. The van der Waals surface area contributed by atoms with Crippen LogP contribution in [0, 0.1) is 0 Å². The minimum Gasteiger partial charge on any atom is -0.496 e. The SMILES string of the molecule is CCCCn1cc(-c2cc(OC)c(CN3CCC(OC4CCN(C(=O)c5ccc(OC)c(N6CCC(=O)NC6=O)c5)CC4)CC3)cc2OC)c2ccncc2c1=O. The average Bonchev–Trinajstić information content (AvgIpc) is 3.24. The van der Waals surface area contributed by atoms with Crippen molar-refractivity contribution in [3.8, 4) is 28.4 Å². The number of imide groups is 1. The topological polar surface area (TPSA) is 145 Å². The molecule has 0 atom stereocenters. The van der Waals surface area contributed by atoms with Gasteiger partial charge in [0, 0.05) is 93.1 Å². The van der Waals surface area contributed by atoms with Crippen molar-refractivity contribution in [1.29, 1.82) is 0 Å². The third-order valence-corrected chi connectivity index (χ3v) is 11.3. The summed E-state index contributed by atoms with van der Waals surface area (Å²) in [5, 5.41) is 3.73. The van der Waals surface area contributed by atoms with Crippen LogP contribution in [0.25, 0.3) is 21.9 Å². The van der Waals surface area contributed by atoms with Crippen molar-refractivity contribution in [2.45, 2.75) is 77.2 Å². The Morgan fingerprint density at radius 3 is 2.23 bits per heavy atom. The zero-order valence-corrected chi connectivity index (χ0v) is 33.3. The number of carbonyl (C=O) groups is 3. The number of aromatic nitrogens is 2. The van der Waals surface area contributed by atoms with Crippen LogP contribution in [0.2, 0.25) is 0 Å². The average molecular weight is 781 g/mol. The Labute approximate surface area is 332 Å². The number of benzene rings is 2. The number of hydrogen-bond acceptors (Lipinski definition) is 10. The highest BCUT2D eigenvalue weighted by Gasteiger charge is 2.31. The molecule has 302 valence electrons. The van der Waals surface area contributed by atoms with E-state index in [1.54, 1.807) is 49.4 Å². The lowest BCUT2D eigenvalue weighted by Crippen LogP contribution is -2.49. The molecule has 5 heterocycles. The van der Waals surface area contributed by atoms with Gasteiger partial charge >= 0.3 is 6.03 Å². The van der Waals surface area contributed by atoms with Gasteiger partial charge in [0.2, 0.25) is 5.91 Å². The number of nitrogens with zero attached hydrogens (tertiary/aromatic N) is 5. The van der Waals surface area contributed by atoms with Gasteiger partial charge in [-0.25, -0.2) is 4.79 Å². The molecule has 14 heteroatoms. The number of nitrogens with one attached hydrogen (secondary N) is 1. The molecule has 7 rings (SSSR count). The van der Waals surface area contributed by atoms with E-state index < -0.39 is 6.03 Å². The number of methoxy groups -OCH3 is 3. The maximum Gasteiger partial charge on any atom is 0.328 e. The van der Waals surface area contributed by atoms with Crippen LogP contribution in [0.4, 0.5) is 10.5 Å². The molecule has 2 aromatic carbocycles. The smallest absolute Gasteiger partial charge is 0.328 e. The lowest BCUT2D eigenvalue weighted by Gasteiger charge is -2.37. The molecule has 0 aliphatic carbocycles. The second-order valence-electron chi connectivity index (χ2n) is 14.9. The van der Waals surface area contributed by atoms with E-state index >= 15 is 0 Å². The van der Waals surface area contributed by atoms with E-state index in [1.165, 1.54) is 12.0 Å². The number of hydrogen-bond donors (Lipinski definition) is 1. The summed E-state index contributed by atoms with van der Waals surface area (Å²) in [6.07, 6.45) is 10.9. The summed E-state index contributed by atoms with van der Waals surface area (Å²) in [6.45, 7) is 6.55. The van der Waals surface area contributed by atoms with Gasteiger partial charge in [0.1, 0.15) is 17.2 Å². The molecule has 0 saturated carbocycles. The third-order valence-electron chi connectivity index (χ3n) is 11.3. The fourth-order valence-corrected chi connectivity index (χ4v) is 8.16. The quantitative estimate of drug-likeness (QED) is 0.182. The Morgan fingerprint density at radius 1 is 0.825 bits per heavy atom. The van der Waals surface area contributed by atoms with Crippen molar-refractivity contribution in [2.75, 3.05) is 59.0 Å². The molecule has 3 saturated heterocycles. The lowest BCUT2D eigenvalue weighted by atomic mass is 9.98. The molecule has 0 bridgehead atoms. The Hall–Kier alpha value is -5.47. The second kappa shape index (κ2) is 17.8. The first-order chi connectivity index (χ1) is 27.7. The molecule has 0 radical (unpaired) electrons. The molecule has 2 aromatic heterocycles. The number of unbranched alkanes of at least 4 members (excludes halogenated alkanes) is 1. The van der Waals surface area contributed by atoms with E-state index in [0.717, 1.165) is 79.4 Å². The number of likely N-dealkylation sites (tertiary alicyclic amines) is 2. The van der Waals surface area contributed by atoms with Crippen molar-refractivity contribution < 1.29 is 33.3 Å². The van der Waals surface area contributed by atoms with E-state index in [0.29, 0.717) is 54.3 Å². The highest BCUT2D eigenvalue weighted by molar-refractivity contribution is 6.07. The molecule has 3 aliphatic heterocycles. The number of rotatable bonds is 13. The maximum atomic E-state index is 13.6. The van der Waals surface area contributed by atoms with Gasteiger partial charge in [-0.2, -0.15) is 0 Å². The van der Waals surface area contributed by atoms with E-state index in [9.17, 15) is 19.2 Å². The third kappa shape index (κ3) is 8.62. The normalized spacial score (nSPS) is 17.2. The van der Waals surface area contributed by atoms with Crippen LogP contribution in [0.3, 0.4) is 0 Å². The lowest BCUT2D eigenvalue weighted by molar-refractivity contribution is -0.120. The largest absolute Gasteiger partial charge is 0.496 e. The molecular weight excluding hydrogens is 729 g/mol. The Kier molecular flexibility index (Phi) is 12.4. The summed E-state index contributed by atoms with van der Waals surface area (Å²) in [7, 11) is 4.87. The first kappa shape index (κ1) is 39.8. The number of amides is 4. The highest BCUT2D eigenvalue weighted by Crippen LogP contribution is 2.40. The Morgan fingerprint density at radius 2 is 1.54 bits per heavy atom. The maximum absolute atomic E-state index is 13.6. The zero-order valence-electron chi connectivity index (χ0n) is 33.3. The number of ether oxygens (including phenoxy) is 4. The van der Waals surface area contributed by atoms with Crippen molar-refractivity contribution in [1.82, 2.24) is 24.7 Å². The van der Waals surface area contributed by atoms with Gasteiger partial charge in [-0.1, -0.05) is 13.3 Å². The van der Waals surface area contributed by atoms with Crippen molar-refractivity contribution in [3.63, 3.8) is 0 Å². The molecule has 0 spiro atoms. The Bertz CT molecular complexity index is 2170. The van der Waals surface area contributed by atoms with Crippen LogP contribution in [0.5, 0.6) is 17.2 Å². The number of carbonyl (C=O) groups excluding carboxylic acids is 3. The fourth-order valence-electron chi connectivity index (χ4n) is 8.16. The van der Waals surface area contributed by atoms with Crippen LogP contribution in [-0.4, -0.2) is 103 Å². The number of pyridine rings is 2. The minimum atomic E-state index is -0.528. The minimum absolute atomic E-state index is 0.0439. The first-order valence-electron chi connectivity index (χ1n) is 19.9. The molecule has 1 N–H and O–H groups in total. The molecule has 0 unspecified atom stereocenters. The number of urea groups is 1. The molecule has 14 nitrogen and oxygen atoms in total. The van der Waals surface area contributed by atoms with Gasteiger partial charge in [-0.3, -0.25) is 34.5 Å². The molecule has 3 aliphatic rings. The Balaban J connectivity index is 0.952. The van der Waals surface area contributed by atoms with Crippen LogP contribution in [0.1, 0.15) is 67.8 Å². The molecular formula is C43H52N6O8. The van der Waals surface area contributed by atoms with Crippen LogP contribution < -0.4 is 30.0 Å². The molecule has 4 aromatic rings. The molecule has 3 fully saturated rings. The van der Waals surface area contributed by atoms with E-state index in [2.05, 4.69) is 28.2 Å². The summed E-state index contributed by atoms with van der Waals surface area (Å²) < 4.78 is 25.8. The van der Waals surface area contributed by atoms with E-state index in [4.69, 9.17) is 18.9 Å². The number of fused-ring (bicyclic) bond motifs is 1.